The number of likely N-dealkylation sites (tertiary alicyclic amines) is 1. The summed E-state index contributed by atoms with van der Waals surface area (Å²) in [6.07, 6.45) is 1.95. The van der Waals surface area contributed by atoms with Gasteiger partial charge in [-0.1, -0.05) is 47.5 Å². The third kappa shape index (κ3) is 3.28. The van der Waals surface area contributed by atoms with Crippen LogP contribution in [0.5, 0.6) is 0 Å². The molecular weight excluding hydrogens is 397 g/mol. The quantitative estimate of drug-likeness (QED) is 0.612. The average Bonchev–Trinajstić information content (AvgIpc) is 3.25. The lowest BCUT2D eigenvalue weighted by Gasteiger charge is -2.24. The number of carbonyl (C=O) groups is 1. The van der Waals surface area contributed by atoms with E-state index in [2.05, 4.69) is 5.10 Å². The number of carbonyl (C=O) groups excluding carboxylic acids is 1. The Morgan fingerprint density at radius 2 is 2.07 bits per heavy atom. The molecule has 5 nitrogen and oxygen atoms in total. The first kappa shape index (κ1) is 19.2. The third-order valence-corrected chi connectivity index (χ3v) is 5.83. The summed E-state index contributed by atoms with van der Waals surface area (Å²) in [5.74, 6) is -0.0103. The van der Waals surface area contributed by atoms with Crippen LogP contribution in [0.15, 0.2) is 36.4 Å². The number of aromatic nitrogens is 2. The highest BCUT2D eigenvalue weighted by molar-refractivity contribution is 6.36. The van der Waals surface area contributed by atoms with Crippen molar-refractivity contribution in [1.29, 1.82) is 0 Å². The van der Waals surface area contributed by atoms with Crippen LogP contribution in [0.25, 0.3) is 22.0 Å². The highest BCUT2D eigenvalue weighted by Crippen LogP contribution is 2.36. The lowest BCUT2D eigenvalue weighted by atomic mass is 10.0. The second-order valence-corrected chi connectivity index (χ2v) is 7.89. The first-order valence-electron chi connectivity index (χ1n) is 9.22. The van der Waals surface area contributed by atoms with Crippen molar-refractivity contribution < 1.29 is 9.53 Å². The minimum absolute atomic E-state index is 0.0103. The first-order valence-corrected chi connectivity index (χ1v) is 9.98. The van der Waals surface area contributed by atoms with E-state index in [9.17, 15) is 4.79 Å². The summed E-state index contributed by atoms with van der Waals surface area (Å²) in [6, 6.07) is 11.3. The molecule has 1 amide bonds. The first-order chi connectivity index (χ1) is 13.5. The summed E-state index contributed by atoms with van der Waals surface area (Å²) in [7, 11) is 3.48. The van der Waals surface area contributed by atoms with Crippen LogP contribution in [0.2, 0.25) is 10.0 Å². The summed E-state index contributed by atoms with van der Waals surface area (Å²) in [6.45, 7) is 1.29. The van der Waals surface area contributed by atoms with Crippen LogP contribution in [0.4, 0.5) is 0 Å². The highest BCUT2D eigenvalue weighted by atomic mass is 35.5. The smallest absolute Gasteiger partial charge is 0.273 e. The topological polar surface area (TPSA) is 47.4 Å². The fourth-order valence-corrected chi connectivity index (χ4v) is 4.51. The Kier molecular flexibility index (Phi) is 5.32. The number of benzene rings is 2. The molecule has 0 N–H and O–H groups in total. The molecule has 3 aromatic rings. The molecule has 1 aliphatic heterocycles. The summed E-state index contributed by atoms with van der Waals surface area (Å²) in [5.41, 5.74) is 3.06. The van der Waals surface area contributed by atoms with Crippen molar-refractivity contribution in [1.82, 2.24) is 14.7 Å². The maximum absolute atomic E-state index is 13.4. The van der Waals surface area contributed by atoms with Gasteiger partial charge >= 0.3 is 0 Å². The molecule has 1 saturated heterocycles. The van der Waals surface area contributed by atoms with Crippen molar-refractivity contribution in [2.45, 2.75) is 18.9 Å². The highest BCUT2D eigenvalue weighted by Gasteiger charge is 2.32. The molecular formula is C21H21Cl2N3O2. The fourth-order valence-electron chi connectivity index (χ4n) is 4.00. The van der Waals surface area contributed by atoms with Crippen molar-refractivity contribution in [2.75, 3.05) is 20.3 Å². The zero-order valence-electron chi connectivity index (χ0n) is 15.8. The Balaban J connectivity index is 1.81. The summed E-state index contributed by atoms with van der Waals surface area (Å²) in [4.78, 5) is 15.3. The van der Waals surface area contributed by atoms with Crippen LogP contribution in [0.1, 0.15) is 23.3 Å². The van der Waals surface area contributed by atoms with E-state index in [0.717, 1.165) is 41.4 Å². The number of rotatable bonds is 4. The molecule has 2 heterocycles. The van der Waals surface area contributed by atoms with Gasteiger partial charge in [-0.15, -0.1) is 0 Å². The van der Waals surface area contributed by atoms with Gasteiger partial charge in [0.1, 0.15) is 11.2 Å². The molecule has 1 aliphatic rings. The Bertz CT molecular complexity index is 1050. The van der Waals surface area contributed by atoms with Crippen LogP contribution < -0.4 is 0 Å². The Morgan fingerprint density at radius 1 is 1.25 bits per heavy atom. The van der Waals surface area contributed by atoms with E-state index in [0.29, 0.717) is 22.3 Å². The molecule has 0 spiro atoms. The molecule has 146 valence electrons. The molecule has 4 rings (SSSR count). The van der Waals surface area contributed by atoms with Gasteiger partial charge in [0.15, 0.2) is 0 Å². The van der Waals surface area contributed by atoms with Crippen LogP contribution in [0.3, 0.4) is 0 Å². The molecule has 0 aliphatic carbocycles. The lowest BCUT2D eigenvalue weighted by Crippen LogP contribution is -2.39. The number of ether oxygens (including phenoxy) is 1. The van der Waals surface area contributed by atoms with E-state index in [1.165, 1.54) is 0 Å². The van der Waals surface area contributed by atoms with Gasteiger partial charge in [-0.05, 0) is 25.0 Å². The molecule has 28 heavy (non-hydrogen) atoms. The monoisotopic (exact) mass is 417 g/mol. The van der Waals surface area contributed by atoms with E-state index in [1.54, 1.807) is 23.9 Å². The normalized spacial score (nSPS) is 16.9. The second kappa shape index (κ2) is 7.74. The predicted octanol–water partition coefficient (Wildman–Crippen LogP) is 4.80. The van der Waals surface area contributed by atoms with Crippen molar-refractivity contribution in [3.63, 3.8) is 0 Å². The summed E-state index contributed by atoms with van der Waals surface area (Å²) in [5, 5.41) is 6.61. The van der Waals surface area contributed by atoms with Gasteiger partial charge in [-0.3, -0.25) is 9.48 Å². The molecule has 0 unspecified atom stereocenters. The number of aryl methyl sites for hydroxylation is 1. The number of nitrogens with zero attached hydrogens (tertiary/aromatic N) is 3. The van der Waals surface area contributed by atoms with Crippen LogP contribution in [0, 0.1) is 0 Å². The van der Waals surface area contributed by atoms with Crippen LogP contribution in [-0.4, -0.2) is 46.9 Å². The number of methoxy groups -OCH3 is 1. The number of hydrogen-bond donors (Lipinski definition) is 0. The second-order valence-electron chi connectivity index (χ2n) is 7.05. The molecule has 0 radical (unpaired) electrons. The van der Waals surface area contributed by atoms with Gasteiger partial charge in [0, 0.05) is 47.3 Å². The van der Waals surface area contributed by atoms with Gasteiger partial charge in [0.2, 0.25) is 0 Å². The minimum Gasteiger partial charge on any atom is -0.383 e. The van der Waals surface area contributed by atoms with Gasteiger partial charge in [0.25, 0.3) is 5.91 Å². The number of halogens is 2. The zero-order chi connectivity index (χ0) is 19.8. The Morgan fingerprint density at radius 3 is 2.82 bits per heavy atom. The molecule has 0 saturated carbocycles. The molecule has 1 aromatic heterocycles. The van der Waals surface area contributed by atoms with E-state index in [-0.39, 0.29) is 11.9 Å². The number of fused-ring (bicyclic) bond motifs is 1. The van der Waals surface area contributed by atoms with E-state index >= 15 is 0 Å². The molecule has 1 fully saturated rings. The lowest BCUT2D eigenvalue weighted by molar-refractivity contribution is 0.0622. The third-order valence-electron chi connectivity index (χ3n) is 5.29. The molecule has 2 aromatic carbocycles. The van der Waals surface area contributed by atoms with Crippen LogP contribution in [-0.2, 0) is 11.8 Å². The largest absolute Gasteiger partial charge is 0.383 e. The number of amides is 1. The molecule has 1 atom stereocenters. The SMILES string of the molecule is COC[C@@H]1CCCN1C(=O)c1c2cccc(-c3ccc(Cl)cc3Cl)c2nn1C. The van der Waals surface area contributed by atoms with Crippen molar-refractivity contribution >= 4 is 40.0 Å². The fraction of sp³-hybridized carbons (Fsp3) is 0.333. The maximum Gasteiger partial charge on any atom is 0.273 e. The van der Waals surface area contributed by atoms with Crippen molar-refractivity contribution in [3.8, 4) is 11.1 Å². The van der Waals surface area contributed by atoms with Crippen LogP contribution >= 0.6 is 23.2 Å². The van der Waals surface area contributed by atoms with E-state index in [4.69, 9.17) is 27.9 Å². The summed E-state index contributed by atoms with van der Waals surface area (Å²) >= 11 is 12.5. The van der Waals surface area contributed by atoms with Gasteiger partial charge < -0.3 is 9.64 Å². The van der Waals surface area contributed by atoms with Crippen molar-refractivity contribution in [3.05, 3.63) is 52.1 Å². The Hall–Kier alpha value is -2.08. The predicted molar refractivity (Wildman–Crippen MR) is 112 cm³/mol. The zero-order valence-corrected chi connectivity index (χ0v) is 17.3. The standard InChI is InChI=1S/C21H21Cl2N3O2/c1-25-20(21(27)26-10-4-5-14(26)12-28-2)17-7-3-6-16(19(17)24-25)15-9-8-13(22)11-18(15)23/h3,6-9,11,14H,4-5,10,12H2,1-2H3/t14-/m0/s1. The summed E-state index contributed by atoms with van der Waals surface area (Å²) < 4.78 is 6.97. The molecule has 7 heteroatoms. The minimum atomic E-state index is -0.0103. The Labute approximate surface area is 173 Å². The van der Waals surface area contributed by atoms with Gasteiger partial charge in [0.05, 0.1) is 12.6 Å². The number of hydrogen-bond acceptors (Lipinski definition) is 3. The molecule has 0 bridgehead atoms. The average molecular weight is 418 g/mol. The van der Waals surface area contributed by atoms with Gasteiger partial charge in [-0.25, -0.2) is 0 Å². The van der Waals surface area contributed by atoms with E-state index < -0.39 is 0 Å². The maximum atomic E-state index is 13.4. The van der Waals surface area contributed by atoms with E-state index in [1.807, 2.05) is 36.2 Å². The van der Waals surface area contributed by atoms with Gasteiger partial charge in [-0.2, -0.15) is 5.10 Å². The van der Waals surface area contributed by atoms with Crippen molar-refractivity contribution in [2.24, 2.45) is 7.05 Å².